The van der Waals surface area contributed by atoms with Gasteiger partial charge in [0.25, 0.3) is 0 Å². The SMILES string of the molecule is CCC(C)(C)Oc1ncc(Br)cc1CNCC(C)C. The first-order valence-corrected chi connectivity index (χ1v) is 7.67. The van der Waals surface area contributed by atoms with E-state index in [2.05, 4.69) is 66.9 Å². The van der Waals surface area contributed by atoms with E-state index >= 15 is 0 Å². The van der Waals surface area contributed by atoms with E-state index in [0.717, 1.165) is 35.4 Å². The molecule has 0 amide bonds. The zero-order valence-corrected chi connectivity index (χ0v) is 14.2. The van der Waals surface area contributed by atoms with Crippen molar-refractivity contribution in [1.29, 1.82) is 0 Å². The van der Waals surface area contributed by atoms with Crippen LogP contribution in [0.25, 0.3) is 0 Å². The normalized spacial score (nSPS) is 11.9. The van der Waals surface area contributed by atoms with Crippen molar-refractivity contribution in [1.82, 2.24) is 10.3 Å². The molecule has 0 radical (unpaired) electrons. The summed E-state index contributed by atoms with van der Waals surface area (Å²) < 4.78 is 7.00. The van der Waals surface area contributed by atoms with Gasteiger partial charge in [-0.2, -0.15) is 0 Å². The van der Waals surface area contributed by atoms with Crippen molar-refractivity contribution in [2.75, 3.05) is 6.54 Å². The number of rotatable bonds is 7. The maximum atomic E-state index is 6.02. The molecular weight excluding hydrogens is 304 g/mol. The van der Waals surface area contributed by atoms with Crippen LogP contribution in [0, 0.1) is 5.92 Å². The van der Waals surface area contributed by atoms with E-state index in [4.69, 9.17) is 4.74 Å². The summed E-state index contributed by atoms with van der Waals surface area (Å²) in [6, 6.07) is 2.07. The monoisotopic (exact) mass is 328 g/mol. The molecule has 1 rings (SSSR count). The smallest absolute Gasteiger partial charge is 0.218 e. The van der Waals surface area contributed by atoms with Gasteiger partial charge in [-0.15, -0.1) is 0 Å². The highest BCUT2D eigenvalue weighted by atomic mass is 79.9. The average Bonchev–Trinajstić information content (AvgIpc) is 2.32. The van der Waals surface area contributed by atoms with Crippen LogP contribution in [0.15, 0.2) is 16.7 Å². The number of ether oxygens (including phenoxy) is 1. The van der Waals surface area contributed by atoms with Gasteiger partial charge in [-0.1, -0.05) is 20.8 Å². The lowest BCUT2D eigenvalue weighted by Crippen LogP contribution is -2.28. The summed E-state index contributed by atoms with van der Waals surface area (Å²) in [5, 5.41) is 3.43. The van der Waals surface area contributed by atoms with Gasteiger partial charge in [-0.25, -0.2) is 4.98 Å². The third kappa shape index (κ3) is 5.91. The van der Waals surface area contributed by atoms with Crippen LogP contribution in [-0.2, 0) is 6.54 Å². The Morgan fingerprint density at radius 2 is 2.11 bits per heavy atom. The second-order valence-electron chi connectivity index (χ2n) is 5.86. The summed E-state index contributed by atoms with van der Waals surface area (Å²) in [5.41, 5.74) is 0.907. The van der Waals surface area contributed by atoms with Crippen molar-refractivity contribution >= 4 is 15.9 Å². The van der Waals surface area contributed by atoms with Crippen LogP contribution in [-0.4, -0.2) is 17.1 Å². The first kappa shape index (κ1) is 16.4. The zero-order valence-electron chi connectivity index (χ0n) is 12.6. The van der Waals surface area contributed by atoms with Gasteiger partial charge in [0, 0.05) is 22.8 Å². The maximum Gasteiger partial charge on any atom is 0.218 e. The highest BCUT2D eigenvalue weighted by Gasteiger charge is 2.19. The molecule has 0 aromatic carbocycles. The van der Waals surface area contributed by atoms with E-state index < -0.39 is 0 Å². The van der Waals surface area contributed by atoms with Crippen molar-refractivity contribution in [3.05, 3.63) is 22.3 Å². The van der Waals surface area contributed by atoms with Gasteiger partial charge >= 0.3 is 0 Å². The number of hydrogen-bond donors (Lipinski definition) is 1. The summed E-state index contributed by atoms with van der Waals surface area (Å²) >= 11 is 3.47. The predicted molar refractivity (Wildman–Crippen MR) is 83.5 cm³/mol. The first-order chi connectivity index (χ1) is 8.84. The number of hydrogen-bond acceptors (Lipinski definition) is 3. The number of nitrogens with zero attached hydrogens (tertiary/aromatic N) is 1. The van der Waals surface area contributed by atoms with E-state index in [1.807, 2.05) is 0 Å². The molecule has 0 fully saturated rings. The molecule has 0 atom stereocenters. The highest BCUT2D eigenvalue weighted by molar-refractivity contribution is 9.10. The third-order valence-corrected chi connectivity index (χ3v) is 3.42. The molecule has 3 nitrogen and oxygen atoms in total. The minimum absolute atomic E-state index is 0.187. The minimum atomic E-state index is -0.187. The second-order valence-corrected chi connectivity index (χ2v) is 6.77. The number of pyridine rings is 1. The first-order valence-electron chi connectivity index (χ1n) is 6.88. The third-order valence-electron chi connectivity index (χ3n) is 2.98. The largest absolute Gasteiger partial charge is 0.471 e. The van der Waals surface area contributed by atoms with Crippen LogP contribution in [0.3, 0.4) is 0 Å². The lowest BCUT2D eigenvalue weighted by Gasteiger charge is -2.25. The van der Waals surface area contributed by atoms with Crippen LogP contribution in [0.1, 0.15) is 46.6 Å². The molecule has 19 heavy (non-hydrogen) atoms. The lowest BCUT2D eigenvalue weighted by molar-refractivity contribution is 0.0973. The molecular formula is C15H25BrN2O. The van der Waals surface area contributed by atoms with E-state index in [1.165, 1.54) is 0 Å². The average molecular weight is 329 g/mol. The summed E-state index contributed by atoms with van der Waals surface area (Å²) in [6.07, 6.45) is 2.73. The highest BCUT2D eigenvalue weighted by Crippen LogP contribution is 2.25. The summed E-state index contributed by atoms with van der Waals surface area (Å²) in [5.74, 6) is 1.36. The van der Waals surface area contributed by atoms with Crippen molar-refractivity contribution in [2.24, 2.45) is 5.92 Å². The van der Waals surface area contributed by atoms with Gasteiger partial charge in [0.1, 0.15) is 5.60 Å². The molecule has 0 aliphatic carbocycles. The quantitative estimate of drug-likeness (QED) is 0.816. The molecule has 0 bridgehead atoms. The van der Waals surface area contributed by atoms with Crippen molar-refractivity contribution in [3.63, 3.8) is 0 Å². The molecule has 0 aliphatic heterocycles. The van der Waals surface area contributed by atoms with E-state index in [1.54, 1.807) is 6.20 Å². The predicted octanol–water partition coefficient (Wildman–Crippen LogP) is 4.16. The fourth-order valence-corrected chi connectivity index (χ4v) is 1.90. The summed E-state index contributed by atoms with van der Waals surface area (Å²) in [4.78, 5) is 4.40. The van der Waals surface area contributed by atoms with Gasteiger partial charge in [0.2, 0.25) is 5.88 Å². The Bertz CT molecular complexity index is 405. The van der Waals surface area contributed by atoms with Crippen LogP contribution in [0.2, 0.25) is 0 Å². The molecule has 0 saturated heterocycles. The maximum absolute atomic E-state index is 6.02. The molecule has 4 heteroatoms. The number of halogens is 1. The standard InChI is InChI=1S/C15H25BrN2O/c1-6-15(4,5)19-14-12(7-13(16)10-18-14)9-17-8-11(2)3/h7,10-11,17H,6,8-9H2,1-5H3. The van der Waals surface area contributed by atoms with Gasteiger partial charge in [0.15, 0.2) is 0 Å². The van der Waals surface area contributed by atoms with Gasteiger partial charge in [-0.05, 0) is 54.7 Å². The van der Waals surface area contributed by atoms with Crippen molar-refractivity contribution < 1.29 is 4.74 Å². The molecule has 1 aromatic heterocycles. The van der Waals surface area contributed by atoms with Gasteiger partial charge in [-0.3, -0.25) is 0 Å². The Labute approximate surface area is 125 Å². The Kier molecular flexibility index (Phi) is 6.27. The molecule has 0 spiro atoms. The fourth-order valence-electron chi connectivity index (χ4n) is 1.52. The summed E-state index contributed by atoms with van der Waals surface area (Å²) in [6.45, 7) is 12.5. The number of nitrogens with one attached hydrogen (secondary N) is 1. The molecule has 1 aromatic rings. The fraction of sp³-hybridized carbons (Fsp3) is 0.667. The Balaban J connectivity index is 2.79. The van der Waals surface area contributed by atoms with Crippen LogP contribution < -0.4 is 10.1 Å². The molecule has 0 saturated carbocycles. The van der Waals surface area contributed by atoms with Crippen molar-refractivity contribution in [2.45, 2.75) is 53.2 Å². The van der Waals surface area contributed by atoms with E-state index in [-0.39, 0.29) is 5.60 Å². The Morgan fingerprint density at radius 3 is 2.68 bits per heavy atom. The van der Waals surface area contributed by atoms with Crippen LogP contribution in [0.5, 0.6) is 5.88 Å². The van der Waals surface area contributed by atoms with Crippen LogP contribution >= 0.6 is 15.9 Å². The molecule has 1 heterocycles. The summed E-state index contributed by atoms with van der Waals surface area (Å²) in [7, 11) is 0. The van der Waals surface area contributed by atoms with Crippen LogP contribution in [0.4, 0.5) is 0 Å². The van der Waals surface area contributed by atoms with E-state index in [9.17, 15) is 0 Å². The molecule has 108 valence electrons. The topological polar surface area (TPSA) is 34.1 Å². The Morgan fingerprint density at radius 1 is 1.42 bits per heavy atom. The second kappa shape index (κ2) is 7.25. The minimum Gasteiger partial charge on any atom is -0.471 e. The molecule has 1 N–H and O–H groups in total. The molecule has 0 aliphatic rings. The number of aromatic nitrogens is 1. The lowest BCUT2D eigenvalue weighted by atomic mass is 10.1. The van der Waals surface area contributed by atoms with E-state index in [0.29, 0.717) is 5.92 Å². The van der Waals surface area contributed by atoms with Gasteiger partial charge in [0.05, 0.1) is 0 Å². The van der Waals surface area contributed by atoms with Crippen molar-refractivity contribution in [3.8, 4) is 5.88 Å². The molecule has 0 unspecified atom stereocenters. The Hall–Kier alpha value is -0.610. The van der Waals surface area contributed by atoms with Gasteiger partial charge < -0.3 is 10.1 Å². The zero-order chi connectivity index (χ0) is 14.5.